The first-order valence-corrected chi connectivity index (χ1v) is 11.8. The average Bonchev–Trinajstić information content (AvgIpc) is 3.45. The summed E-state index contributed by atoms with van der Waals surface area (Å²) in [4.78, 5) is 20.5. The molecule has 0 bridgehead atoms. The van der Waals surface area contributed by atoms with E-state index in [1.807, 2.05) is 72.8 Å². The summed E-state index contributed by atoms with van der Waals surface area (Å²) < 4.78 is 3.33. The van der Waals surface area contributed by atoms with Gasteiger partial charge in [-0.1, -0.05) is 90.2 Å². The summed E-state index contributed by atoms with van der Waals surface area (Å²) in [7, 11) is 0. The van der Waals surface area contributed by atoms with Crippen LogP contribution in [0.2, 0.25) is 0 Å². The minimum atomic E-state index is 0.659. The second-order valence-electron chi connectivity index (χ2n) is 8.01. The van der Waals surface area contributed by atoms with Gasteiger partial charge in [-0.2, -0.15) is 0 Å². The molecule has 7 aromatic rings. The van der Waals surface area contributed by atoms with Crippen molar-refractivity contribution in [1.82, 2.24) is 24.3 Å². The van der Waals surface area contributed by atoms with Crippen molar-refractivity contribution in [3.8, 4) is 34.2 Å². The molecule has 3 heterocycles. The Hall–Kier alpha value is -4.42. The van der Waals surface area contributed by atoms with Gasteiger partial charge in [-0.05, 0) is 24.3 Å². The van der Waals surface area contributed by atoms with Gasteiger partial charge < -0.3 is 0 Å². The molecule has 0 aliphatic heterocycles. The number of rotatable bonds is 3. The lowest BCUT2D eigenvalue weighted by Crippen LogP contribution is -2.00. The van der Waals surface area contributed by atoms with E-state index in [9.17, 15) is 0 Å². The number of benzene rings is 4. The maximum Gasteiger partial charge on any atom is 0.195 e. The van der Waals surface area contributed by atoms with Crippen LogP contribution in [0, 0.1) is 0 Å². The van der Waals surface area contributed by atoms with Crippen LogP contribution in [0.25, 0.3) is 60.4 Å². The van der Waals surface area contributed by atoms with Gasteiger partial charge in [0.15, 0.2) is 22.4 Å². The third-order valence-electron chi connectivity index (χ3n) is 5.90. The summed E-state index contributed by atoms with van der Waals surface area (Å²) >= 11 is 1.66. The van der Waals surface area contributed by atoms with Gasteiger partial charge in [0.1, 0.15) is 0 Å². The van der Waals surface area contributed by atoms with Gasteiger partial charge in [0.2, 0.25) is 0 Å². The van der Waals surface area contributed by atoms with E-state index in [-0.39, 0.29) is 0 Å². The lowest BCUT2D eigenvalue weighted by molar-refractivity contribution is 1.08. The highest BCUT2D eigenvalue weighted by Gasteiger charge is 2.18. The van der Waals surface area contributed by atoms with Crippen LogP contribution in [-0.4, -0.2) is 24.3 Å². The minimum Gasteiger partial charge on any atom is -0.283 e. The normalized spacial score (nSPS) is 11.5. The molecule has 0 aliphatic rings. The number of para-hydroxylation sites is 2. The molecule has 7 rings (SSSR count). The van der Waals surface area contributed by atoms with E-state index < -0.39 is 0 Å². The number of hydrogen-bond donors (Lipinski definition) is 0. The first-order valence-electron chi connectivity index (χ1n) is 11.0. The van der Waals surface area contributed by atoms with Crippen molar-refractivity contribution in [2.24, 2.45) is 0 Å². The molecule has 0 atom stereocenters. The van der Waals surface area contributed by atoms with Crippen molar-refractivity contribution in [3.63, 3.8) is 0 Å². The number of imidazole rings is 1. The molecular formula is C28H17N5S. The molecule has 0 spiro atoms. The third kappa shape index (κ3) is 3.00. The van der Waals surface area contributed by atoms with E-state index in [1.54, 1.807) is 11.3 Å². The average molecular weight is 456 g/mol. The van der Waals surface area contributed by atoms with Crippen LogP contribution < -0.4 is 0 Å². The molecule has 0 amide bonds. The second kappa shape index (κ2) is 7.57. The number of aromatic nitrogens is 5. The summed E-state index contributed by atoms with van der Waals surface area (Å²) in [5.74, 6) is 1.98. The SMILES string of the molecule is c1ccc(-c2nc(-c3ccccc3)nc(-c3cccc4c3sc3nc5ccccc5n34)n2)cc1. The van der Waals surface area contributed by atoms with Crippen LogP contribution >= 0.6 is 11.3 Å². The van der Waals surface area contributed by atoms with Gasteiger partial charge in [0.05, 0.1) is 21.3 Å². The summed E-state index contributed by atoms with van der Waals surface area (Å²) in [5.41, 5.74) is 6.11. The zero-order chi connectivity index (χ0) is 22.5. The highest BCUT2D eigenvalue weighted by Crippen LogP contribution is 2.36. The number of hydrogen-bond acceptors (Lipinski definition) is 5. The van der Waals surface area contributed by atoms with Crippen LogP contribution in [0.3, 0.4) is 0 Å². The van der Waals surface area contributed by atoms with Crippen LogP contribution in [-0.2, 0) is 0 Å². The Morgan fingerprint density at radius 2 is 1.09 bits per heavy atom. The molecule has 0 unspecified atom stereocenters. The molecule has 0 aliphatic carbocycles. The number of fused-ring (bicyclic) bond motifs is 5. The van der Waals surface area contributed by atoms with Crippen molar-refractivity contribution < 1.29 is 0 Å². The molecule has 6 heteroatoms. The summed E-state index contributed by atoms with van der Waals surface area (Å²) in [6.45, 7) is 0. The minimum absolute atomic E-state index is 0.659. The van der Waals surface area contributed by atoms with Crippen molar-refractivity contribution in [3.05, 3.63) is 103 Å². The highest BCUT2D eigenvalue weighted by molar-refractivity contribution is 7.24. The van der Waals surface area contributed by atoms with E-state index in [0.29, 0.717) is 17.5 Å². The Morgan fingerprint density at radius 1 is 0.500 bits per heavy atom. The molecule has 3 aromatic heterocycles. The Labute approximate surface area is 199 Å². The van der Waals surface area contributed by atoms with Crippen molar-refractivity contribution in [1.29, 1.82) is 0 Å². The van der Waals surface area contributed by atoms with Crippen LogP contribution in [0.1, 0.15) is 0 Å². The quantitative estimate of drug-likeness (QED) is 0.291. The van der Waals surface area contributed by atoms with Crippen molar-refractivity contribution in [2.75, 3.05) is 0 Å². The molecule has 0 fully saturated rings. The largest absolute Gasteiger partial charge is 0.283 e. The van der Waals surface area contributed by atoms with Gasteiger partial charge in [-0.25, -0.2) is 19.9 Å². The smallest absolute Gasteiger partial charge is 0.195 e. The first kappa shape index (κ1) is 19.1. The van der Waals surface area contributed by atoms with E-state index in [4.69, 9.17) is 19.9 Å². The molecular weight excluding hydrogens is 438 g/mol. The van der Waals surface area contributed by atoms with Crippen LogP contribution in [0.5, 0.6) is 0 Å². The fourth-order valence-electron chi connectivity index (χ4n) is 4.31. The van der Waals surface area contributed by atoms with E-state index in [1.165, 1.54) is 0 Å². The van der Waals surface area contributed by atoms with Gasteiger partial charge >= 0.3 is 0 Å². The van der Waals surface area contributed by atoms with Crippen molar-refractivity contribution in [2.45, 2.75) is 0 Å². The molecule has 0 radical (unpaired) electrons. The van der Waals surface area contributed by atoms with Gasteiger partial charge in [0, 0.05) is 16.7 Å². The van der Waals surface area contributed by atoms with Gasteiger partial charge in [0.25, 0.3) is 0 Å². The Bertz CT molecular complexity index is 1750. The molecule has 34 heavy (non-hydrogen) atoms. The standard InChI is InChI=1S/C28H17N5S/c1-3-10-18(11-4-1)25-30-26(19-12-5-2-6-13-19)32-27(31-25)20-14-9-17-23-24(20)34-28-29-21-15-7-8-16-22(21)33(23)28/h1-17H. The Balaban J connectivity index is 1.51. The predicted octanol–water partition coefficient (Wildman–Crippen LogP) is 6.89. The van der Waals surface area contributed by atoms with Gasteiger partial charge in [-0.3, -0.25) is 4.40 Å². The fraction of sp³-hybridized carbons (Fsp3) is 0. The predicted molar refractivity (Wildman–Crippen MR) is 138 cm³/mol. The fourth-order valence-corrected chi connectivity index (χ4v) is 5.46. The summed E-state index contributed by atoms with van der Waals surface area (Å²) in [6.07, 6.45) is 0. The maximum atomic E-state index is 4.92. The number of nitrogens with zero attached hydrogens (tertiary/aromatic N) is 5. The molecule has 5 nitrogen and oxygen atoms in total. The molecule has 160 valence electrons. The second-order valence-corrected chi connectivity index (χ2v) is 8.99. The Kier molecular flexibility index (Phi) is 4.25. The molecule has 0 saturated carbocycles. The van der Waals surface area contributed by atoms with Gasteiger partial charge in [-0.15, -0.1) is 0 Å². The van der Waals surface area contributed by atoms with Crippen LogP contribution in [0.4, 0.5) is 0 Å². The summed E-state index contributed by atoms with van der Waals surface area (Å²) in [5, 5.41) is 0. The van der Waals surface area contributed by atoms with Crippen LogP contribution in [0.15, 0.2) is 103 Å². The zero-order valence-corrected chi connectivity index (χ0v) is 18.8. The zero-order valence-electron chi connectivity index (χ0n) is 18.0. The van der Waals surface area contributed by atoms with E-state index in [0.717, 1.165) is 42.9 Å². The maximum absolute atomic E-state index is 4.92. The number of thiazole rings is 1. The third-order valence-corrected chi connectivity index (χ3v) is 6.99. The molecule has 0 N–H and O–H groups in total. The van der Waals surface area contributed by atoms with E-state index >= 15 is 0 Å². The van der Waals surface area contributed by atoms with Crippen molar-refractivity contribution >= 4 is 37.5 Å². The summed E-state index contributed by atoms with van der Waals surface area (Å²) in [6, 6.07) is 34.6. The Morgan fingerprint density at radius 3 is 1.79 bits per heavy atom. The monoisotopic (exact) mass is 455 g/mol. The first-order chi connectivity index (χ1) is 16.8. The van der Waals surface area contributed by atoms with E-state index in [2.05, 4.69) is 34.7 Å². The molecule has 0 saturated heterocycles. The lowest BCUT2D eigenvalue weighted by atomic mass is 10.1. The lowest BCUT2D eigenvalue weighted by Gasteiger charge is -2.09. The topological polar surface area (TPSA) is 56.0 Å². The molecule has 4 aromatic carbocycles. The highest BCUT2D eigenvalue weighted by atomic mass is 32.1.